The summed E-state index contributed by atoms with van der Waals surface area (Å²) in [5.41, 5.74) is -2.62. The molecule has 146 valence electrons. The smallest absolute Gasteiger partial charge is 0.335 e. The van der Waals surface area contributed by atoms with Gasteiger partial charge in [-0.1, -0.05) is 30.5 Å². The largest absolute Gasteiger partial charge is 0.433 e. The van der Waals surface area contributed by atoms with Gasteiger partial charge in [-0.05, 0) is 30.9 Å². The molecule has 3 rings (SSSR count). The van der Waals surface area contributed by atoms with Gasteiger partial charge < -0.3 is 5.32 Å². The van der Waals surface area contributed by atoms with Crippen LogP contribution in [0.25, 0.3) is 16.2 Å². The van der Waals surface area contributed by atoms with E-state index in [0.29, 0.717) is 15.8 Å². The molecule has 0 saturated heterocycles. The van der Waals surface area contributed by atoms with E-state index in [1.54, 1.807) is 31.4 Å². The van der Waals surface area contributed by atoms with Crippen LogP contribution in [0.4, 0.5) is 13.2 Å². The van der Waals surface area contributed by atoms with E-state index in [4.69, 9.17) is 18.0 Å². The minimum atomic E-state index is -4.73. The van der Waals surface area contributed by atoms with Crippen molar-refractivity contribution in [3.05, 3.63) is 40.0 Å². The first-order chi connectivity index (χ1) is 13.1. The quantitative estimate of drug-likeness (QED) is 0.617. The summed E-state index contributed by atoms with van der Waals surface area (Å²) in [7, 11) is 0. The Bertz CT molecular complexity index is 1090. The van der Waals surface area contributed by atoms with Gasteiger partial charge in [0.15, 0.2) is 17.0 Å². The number of hydrogen-bond acceptors (Lipinski definition) is 4. The number of nitrogens with zero attached hydrogens (tertiary/aromatic N) is 3. The standard InChI is InChI=1S/C18H14ClF3N4OS/c1-4-17(3,5-2)24-16(27)14-13(19)15-23-10(11-7-6-8-28-11)9-12(18(20,21)22)26(15)25-14/h1,6-9H,5H2,2-3H3,(H,24,27)/t17-/m1/s1. The van der Waals surface area contributed by atoms with E-state index in [1.807, 2.05) is 0 Å². The summed E-state index contributed by atoms with van der Waals surface area (Å²) in [5.74, 6) is 1.67. The van der Waals surface area contributed by atoms with Gasteiger partial charge in [-0.3, -0.25) is 4.79 Å². The molecular formula is C18H14ClF3N4OS. The van der Waals surface area contributed by atoms with Crippen molar-refractivity contribution in [1.29, 1.82) is 0 Å². The molecule has 0 fully saturated rings. The minimum absolute atomic E-state index is 0.0885. The van der Waals surface area contributed by atoms with Crippen molar-refractivity contribution in [2.24, 2.45) is 0 Å². The van der Waals surface area contributed by atoms with E-state index in [-0.39, 0.29) is 22.1 Å². The molecule has 0 radical (unpaired) electrons. The lowest BCUT2D eigenvalue weighted by molar-refractivity contribution is -0.142. The predicted octanol–water partition coefficient (Wildman–Crippen LogP) is 4.66. The number of nitrogens with one attached hydrogen (secondary N) is 1. The van der Waals surface area contributed by atoms with E-state index in [1.165, 1.54) is 11.3 Å². The lowest BCUT2D eigenvalue weighted by Gasteiger charge is -2.22. The van der Waals surface area contributed by atoms with E-state index in [9.17, 15) is 18.0 Å². The summed E-state index contributed by atoms with van der Waals surface area (Å²) in [6.07, 6.45) is 1.11. The number of rotatable bonds is 4. The topological polar surface area (TPSA) is 59.3 Å². The molecule has 0 aliphatic rings. The lowest BCUT2D eigenvalue weighted by Crippen LogP contribution is -2.44. The molecule has 5 nitrogen and oxygen atoms in total. The van der Waals surface area contributed by atoms with Gasteiger partial charge in [0.1, 0.15) is 5.02 Å². The molecule has 0 spiro atoms. The van der Waals surface area contributed by atoms with Crippen molar-refractivity contribution in [1.82, 2.24) is 19.9 Å². The lowest BCUT2D eigenvalue weighted by atomic mass is 10.0. The first kappa shape index (κ1) is 20.2. The Kier molecular flexibility index (Phi) is 5.12. The molecule has 0 aromatic carbocycles. The fraction of sp³-hybridized carbons (Fsp3) is 0.278. The second-order valence-electron chi connectivity index (χ2n) is 6.18. The first-order valence-electron chi connectivity index (χ1n) is 8.10. The number of terminal acetylenes is 1. The van der Waals surface area contributed by atoms with Crippen molar-refractivity contribution in [3.63, 3.8) is 0 Å². The maximum absolute atomic E-state index is 13.6. The molecule has 0 saturated carbocycles. The number of thiophene rings is 1. The Balaban J connectivity index is 2.19. The van der Waals surface area contributed by atoms with Crippen LogP contribution < -0.4 is 5.32 Å². The van der Waals surface area contributed by atoms with Crippen molar-refractivity contribution >= 4 is 34.5 Å². The maximum atomic E-state index is 13.6. The Hall–Kier alpha value is -2.57. The van der Waals surface area contributed by atoms with Gasteiger partial charge in [0.2, 0.25) is 0 Å². The summed E-state index contributed by atoms with van der Waals surface area (Å²) in [4.78, 5) is 17.3. The molecule has 1 amide bonds. The molecule has 28 heavy (non-hydrogen) atoms. The molecule has 3 aromatic heterocycles. The molecule has 0 aliphatic heterocycles. The molecule has 3 aromatic rings. The zero-order chi connectivity index (χ0) is 20.7. The molecular weight excluding hydrogens is 413 g/mol. The molecule has 1 atom stereocenters. The van der Waals surface area contributed by atoms with Gasteiger partial charge in [0, 0.05) is 0 Å². The number of aromatic nitrogens is 3. The second-order valence-corrected chi connectivity index (χ2v) is 7.51. The molecule has 0 aliphatic carbocycles. The van der Waals surface area contributed by atoms with Crippen molar-refractivity contribution in [2.45, 2.75) is 32.0 Å². The third kappa shape index (κ3) is 3.57. The third-order valence-electron chi connectivity index (χ3n) is 4.23. The van der Waals surface area contributed by atoms with Gasteiger partial charge in [-0.15, -0.1) is 17.8 Å². The Morgan fingerprint density at radius 1 is 1.46 bits per heavy atom. The number of alkyl halides is 3. The van der Waals surface area contributed by atoms with Gasteiger partial charge in [-0.2, -0.15) is 18.3 Å². The van der Waals surface area contributed by atoms with Crippen LogP contribution in [0.2, 0.25) is 5.02 Å². The van der Waals surface area contributed by atoms with E-state index < -0.39 is 23.3 Å². The number of amides is 1. The van der Waals surface area contributed by atoms with Crippen LogP contribution >= 0.6 is 22.9 Å². The van der Waals surface area contributed by atoms with E-state index in [0.717, 1.165) is 6.07 Å². The summed E-state index contributed by atoms with van der Waals surface area (Å²) in [6.45, 7) is 3.38. The van der Waals surface area contributed by atoms with E-state index >= 15 is 0 Å². The van der Waals surface area contributed by atoms with Gasteiger partial charge in [0.05, 0.1) is 16.1 Å². The highest BCUT2D eigenvalue weighted by Crippen LogP contribution is 2.35. The summed E-state index contributed by atoms with van der Waals surface area (Å²) in [5, 5.41) is 7.79. The highest BCUT2D eigenvalue weighted by molar-refractivity contribution is 7.13. The van der Waals surface area contributed by atoms with Gasteiger partial charge >= 0.3 is 6.18 Å². The number of fused-ring (bicyclic) bond motifs is 1. The second kappa shape index (κ2) is 7.11. The number of carbonyl (C=O) groups is 1. The number of halogens is 4. The first-order valence-corrected chi connectivity index (χ1v) is 9.36. The zero-order valence-corrected chi connectivity index (χ0v) is 16.3. The normalized spacial score (nSPS) is 13.9. The highest BCUT2D eigenvalue weighted by Gasteiger charge is 2.37. The predicted molar refractivity (Wildman–Crippen MR) is 101 cm³/mol. The van der Waals surface area contributed by atoms with Crippen LogP contribution in [0.3, 0.4) is 0 Å². The van der Waals surface area contributed by atoms with Crippen LogP contribution in [0.1, 0.15) is 36.5 Å². The SMILES string of the molecule is C#C[C@](C)(CC)NC(=O)c1nn2c(C(F)(F)F)cc(-c3cccs3)nc2c1Cl. The molecule has 3 heterocycles. The summed E-state index contributed by atoms with van der Waals surface area (Å²) >= 11 is 7.43. The van der Waals surface area contributed by atoms with Crippen LogP contribution in [0, 0.1) is 12.3 Å². The molecule has 0 unspecified atom stereocenters. The van der Waals surface area contributed by atoms with Crippen LogP contribution in [-0.2, 0) is 6.18 Å². The average Bonchev–Trinajstić information content (AvgIpc) is 3.28. The van der Waals surface area contributed by atoms with Crippen molar-refractivity contribution in [2.75, 3.05) is 0 Å². The summed E-state index contributed by atoms with van der Waals surface area (Å²) in [6, 6.07) is 4.21. The minimum Gasteiger partial charge on any atom is -0.335 e. The van der Waals surface area contributed by atoms with Crippen LogP contribution in [0.15, 0.2) is 23.6 Å². The zero-order valence-electron chi connectivity index (χ0n) is 14.8. The van der Waals surface area contributed by atoms with Gasteiger partial charge in [-0.25, -0.2) is 9.50 Å². The van der Waals surface area contributed by atoms with E-state index in [2.05, 4.69) is 21.3 Å². The van der Waals surface area contributed by atoms with Crippen LogP contribution in [0.5, 0.6) is 0 Å². The van der Waals surface area contributed by atoms with Crippen LogP contribution in [-0.4, -0.2) is 26.0 Å². The van der Waals surface area contributed by atoms with Crippen molar-refractivity contribution < 1.29 is 18.0 Å². The van der Waals surface area contributed by atoms with Crippen molar-refractivity contribution in [3.8, 4) is 22.9 Å². The Morgan fingerprint density at radius 3 is 2.71 bits per heavy atom. The fourth-order valence-electron chi connectivity index (χ4n) is 2.43. The summed E-state index contributed by atoms with van der Waals surface area (Å²) < 4.78 is 41.4. The average molecular weight is 427 g/mol. The number of hydrogen-bond donors (Lipinski definition) is 1. The fourth-order valence-corrected chi connectivity index (χ4v) is 3.36. The van der Waals surface area contributed by atoms with Gasteiger partial charge in [0.25, 0.3) is 5.91 Å². The third-order valence-corrected chi connectivity index (χ3v) is 5.47. The molecule has 0 bridgehead atoms. The number of carbonyl (C=O) groups excluding carboxylic acids is 1. The Morgan fingerprint density at radius 2 is 2.18 bits per heavy atom. The molecule has 1 N–H and O–H groups in total. The maximum Gasteiger partial charge on any atom is 0.433 e. The molecule has 10 heteroatoms. The Labute approximate surface area is 167 Å². The highest BCUT2D eigenvalue weighted by atomic mass is 35.5. The monoisotopic (exact) mass is 426 g/mol.